The van der Waals surface area contributed by atoms with E-state index in [1.54, 1.807) is 6.20 Å². The van der Waals surface area contributed by atoms with Gasteiger partial charge in [0.2, 0.25) is 5.91 Å². The van der Waals surface area contributed by atoms with Crippen molar-refractivity contribution in [3.8, 4) is 0 Å². The average Bonchev–Trinajstić information content (AvgIpc) is 2.40. The Morgan fingerprint density at radius 2 is 2.28 bits per heavy atom. The van der Waals surface area contributed by atoms with Gasteiger partial charge in [0, 0.05) is 23.8 Å². The van der Waals surface area contributed by atoms with Gasteiger partial charge < -0.3 is 11.1 Å². The molecule has 0 fully saturated rings. The van der Waals surface area contributed by atoms with Crippen molar-refractivity contribution in [1.29, 1.82) is 0 Å². The largest absolute Gasteiger partial charge is 0.330 e. The number of anilines is 1. The number of aromatic nitrogens is 1. The Hall–Kier alpha value is -1.94. The Balaban J connectivity index is 2.19. The lowest BCUT2D eigenvalue weighted by atomic mass is 10.1. The molecule has 0 spiro atoms. The number of nitrogens with two attached hydrogens (primary N) is 1. The maximum absolute atomic E-state index is 11.9. The molecule has 0 aliphatic carbocycles. The van der Waals surface area contributed by atoms with Crippen molar-refractivity contribution in [3.05, 3.63) is 36.5 Å². The second-order valence-corrected chi connectivity index (χ2v) is 4.24. The maximum Gasteiger partial charge on any atom is 0.228 e. The van der Waals surface area contributed by atoms with E-state index in [1.807, 2.05) is 37.3 Å². The van der Waals surface area contributed by atoms with Crippen LogP contribution in [0.2, 0.25) is 0 Å². The van der Waals surface area contributed by atoms with Crippen molar-refractivity contribution in [2.45, 2.75) is 13.3 Å². The highest BCUT2D eigenvalue weighted by Crippen LogP contribution is 2.17. The third-order valence-electron chi connectivity index (χ3n) is 3.02. The first-order valence-electron chi connectivity index (χ1n) is 6.10. The molecule has 1 aromatic carbocycles. The number of nitrogens with one attached hydrogen (secondary N) is 1. The molecule has 1 aromatic heterocycles. The molecular formula is C14H17N3O. The number of benzene rings is 1. The highest BCUT2D eigenvalue weighted by molar-refractivity contribution is 5.95. The van der Waals surface area contributed by atoms with Crippen LogP contribution in [0.5, 0.6) is 0 Å². The SMILES string of the molecule is CCC(CN)C(=O)Nc1ccc2ncccc2c1. The molecule has 3 N–H and O–H groups in total. The number of hydrogen-bond donors (Lipinski definition) is 2. The van der Waals surface area contributed by atoms with Gasteiger partial charge in [0.25, 0.3) is 0 Å². The topological polar surface area (TPSA) is 68.0 Å². The zero-order valence-electron chi connectivity index (χ0n) is 10.4. The third kappa shape index (κ3) is 2.65. The summed E-state index contributed by atoms with van der Waals surface area (Å²) in [7, 11) is 0. The molecular weight excluding hydrogens is 226 g/mol. The minimum Gasteiger partial charge on any atom is -0.330 e. The predicted octanol–water partition coefficient (Wildman–Crippen LogP) is 2.16. The first-order chi connectivity index (χ1) is 8.74. The summed E-state index contributed by atoms with van der Waals surface area (Å²) in [6.45, 7) is 2.33. The number of pyridine rings is 1. The Bertz CT molecular complexity index is 549. The van der Waals surface area contributed by atoms with Gasteiger partial charge in [-0.15, -0.1) is 0 Å². The van der Waals surface area contributed by atoms with Gasteiger partial charge in [0.1, 0.15) is 0 Å². The molecule has 0 aliphatic heterocycles. The minimum atomic E-state index is -0.130. The van der Waals surface area contributed by atoms with Crippen LogP contribution >= 0.6 is 0 Å². The Kier molecular flexibility index (Phi) is 3.89. The fourth-order valence-corrected chi connectivity index (χ4v) is 1.86. The lowest BCUT2D eigenvalue weighted by Gasteiger charge is -2.12. The van der Waals surface area contributed by atoms with Crippen molar-refractivity contribution in [1.82, 2.24) is 4.98 Å². The fraction of sp³-hybridized carbons (Fsp3) is 0.286. The van der Waals surface area contributed by atoms with Crippen molar-refractivity contribution >= 4 is 22.5 Å². The van der Waals surface area contributed by atoms with Gasteiger partial charge in [-0.2, -0.15) is 0 Å². The van der Waals surface area contributed by atoms with Crippen LogP contribution in [0.4, 0.5) is 5.69 Å². The van der Waals surface area contributed by atoms with E-state index >= 15 is 0 Å². The summed E-state index contributed by atoms with van der Waals surface area (Å²) in [5.41, 5.74) is 7.26. The Morgan fingerprint density at radius 3 is 3.00 bits per heavy atom. The highest BCUT2D eigenvalue weighted by atomic mass is 16.1. The van der Waals surface area contributed by atoms with E-state index in [1.165, 1.54) is 0 Å². The summed E-state index contributed by atoms with van der Waals surface area (Å²) in [4.78, 5) is 16.1. The molecule has 4 heteroatoms. The van der Waals surface area contributed by atoms with E-state index in [-0.39, 0.29) is 11.8 Å². The van der Waals surface area contributed by atoms with Crippen LogP contribution in [-0.2, 0) is 4.79 Å². The number of amides is 1. The lowest BCUT2D eigenvalue weighted by Crippen LogP contribution is -2.28. The lowest BCUT2D eigenvalue weighted by molar-refractivity contribution is -0.119. The summed E-state index contributed by atoms with van der Waals surface area (Å²) in [5, 5.41) is 3.90. The molecule has 0 bridgehead atoms. The summed E-state index contributed by atoms with van der Waals surface area (Å²) in [6, 6.07) is 9.52. The monoisotopic (exact) mass is 243 g/mol. The van der Waals surface area contributed by atoms with Gasteiger partial charge >= 0.3 is 0 Å². The molecule has 0 saturated carbocycles. The van der Waals surface area contributed by atoms with Crippen molar-refractivity contribution < 1.29 is 4.79 Å². The van der Waals surface area contributed by atoms with Crippen molar-refractivity contribution in [2.24, 2.45) is 11.7 Å². The molecule has 18 heavy (non-hydrogen) atoms. The Labute approximate surface area is 106 Å². The number of rotatable bonds is 4. The normalized spacial score (nSPS) is 12.3. The van der Waals surface area contributed by atoms with Gasteiger partial charge in [0.05, 0.1) is 11.4 Å². The zero-order valence-corrected chi connectivity index (χ0v) is 10.4. The van der Waals surface area contributed by atoms with Crippen LogP contribution in [0.3, 0.4) is 0 Å². The quantitative estimate of drug-likeness (QED) is 0.864. The summed E-state index contributed by atoms with van der Waals surface area (Å²) < 4.78 is 0. The standard InChI is InChI=1S/C14H17N3O/c1-2-10(9-15)14(18)17-12-5-6-13-11(8-12)4-3-7-16-13/h3-8,10H,2,9,15H2,1H3,(H,17,18). The number of carbonyl (C=O) groups excluding carboxylic acids is 1. The highest BCUT2D eigenvalue weighted by Gasteiger charge is 2.14. The van der Waals surface area contributed by atoms with Crippen LogP contribution in [0, 0.1) is 5.92 Å². The summed E-state index contributed by atoms with van der Waals surface area (Å²) in [5.74, 6) is -0.155. The van der Waals surface area contributed by atoms with E-state index in [0.29, 0.717) is 6.54 Å². The third-order valence-corrected chi connectivity index (χ3v) is 3.02. The molecule has 1 amide bonds. The van der Waals surface area contributed by atoms with Crippen LogP contribution in [0.25, 0.3) is 10.9 Å². The molecule has 1 heterocycles. The molecule has 0 radical (unpaired) electrons. The molecule has 0 aliphatic rings. The van der Waals surface area contributed by atoms with E-state index in [9.17, 15) is 4.79 Å². The van der Waals surface area contributed by atoms with E-state index in [4.69, 9.17) is 5.73 Å². The molecule has 1 atom stereocenters. The number of hydrogen-bond acceptors (Lipinski definition) is 3. The minimum absolute atomic E-state index is 0.0248. The number of nitrogens with zero attached hydrogens (tertiary/aromatic N) is 1. The fourth-order valence-electron chi connectivity index (χ4n) is 1.86. The van der Waals surface area contributed by atoms with Crippen molar-refractivity contribution in [2.75, 3.05) is 11.9 Å². The Morgan fingerprint density at radius 1 is 1.44 bits per heavy atom. The molecule has 94 valence electrons. The van der Waals surface area contributed by atoms with Gasteiger partial charge in [-0.05, 0) is 30.7 Å². The second-order valence-electron chi connectivity index (χ2n) is 4.24. The van der Waals surface area contributed by atoms with Gasteiger partial charge in [0.15, 0.2) is 0 Å². The smallest absolute Gasteiger partial charge is 0.228 e. The first-order valence-corrected chi connectivity index (χ1v) is 6.10. The van der Waals surface area contributed by atoms with E-state index < -0.39 is 0 Å². The molecule has 0 saturated heterocycles. The van der Waals surface area contributed by atoms with Gasteiger partial charge in [-0.1, -0.05) is 13.0 Å². The van der Waals surface area contributed by atoms with Gasteiger partial charge in [-0.3, -0.25) is 9.78 Å². The number of fused-ring (bicyclic) bond motifs is 1. The molecule has 2 aromatic rings. The van der Waals surface area contributed by atoms with Crippen molar-refractivity contribution in [3.63, 3.8) is 0 Å². The maximum atomic E-state index is 11.9. The average molecular weight is 243 g/mol. The predicted molar refractivity (Wildman–Crippen MR) is 73.2 cm³/mol. The second kappa shape index (κ2) is 5.60. The van der Waals surface area contributed by atoms with Crippen LogP contribution in [0.15, 0.2) is 36.5 Å². The van der Waals surface area contributed by atoms with E-state index in [0.717, 1.165) is 23.0 Å². The molecule has 4 nitrogen and oxygen atoms in total. The first kappa shape index (κ1) is 12.5. The molecule has 1 unspecified atom stereocenters. The molecule has 2 rings (SSSR count). The van der Waals surface area contributed by atoms with Crippen LogP contribution in [-0.4, -0.2) is 17.4 Å². The van der Waals surface area contributed by atoms with Gasteiger partial charge in [-0.25, -0.2) is 0 Å². The van der Waals surface area contributed by atoms with E-state index in [2.05, 4.69) is 10.3 Å². The van der Waals surface area contributed by atoms with Crippen LogP contribution in [0.1, 0.15) is 13.3 Å². The summed E-state index contributed by atoms with van der Waals surface area (Å²) >= 11 is 0. The summed E-state index contributed by atoms with van der Waals surface area (Å²) in [6.07, 6.45) is 2.50. The zero-order chi connectivity index (χ0) is 13.0. The van der Waals surface area contributed by atoms with Crippen LogP contribution < -0.4 is 11.1 Å². The number of carbonyl (C=O) groups is 1.